The lowest BCUT2D eigenvalue weighted by Crippen LogP contribution is -2.21. The Morgan fingerprint density at radius 2 is 2.05 bits per heavy atom. The number of para-hydroxylation sites is 2. The Labute approximate surface area is 109 Å². The number of benzene rings is 1. The molecule has 0 spiro atoms. The number of nitrogens with zero attached hydrogens (tertiary/aromatic N) is 2. The van der Waals surface area contributed by atoms with Gasteiger partial charge in [0.2, 0.25) is 0 Å². The summed E-state index contributed by atoms with van der Waals surface area (Å²) in [6.45, 7) is 1.51. The van der Waals surface area contributed by atoms with Gasteiger partial charge in [-0.1, -0.05) is 17.3 Å². The van der Waals surface area contributed by atoms with Crippen molar-refractivity contribution >= 4 is 11.7 Å². The van der Waals surface area contributed by atoms with Crippen molar-refractivity contribution in [3.05, 3.63) is 30.0 Å². The molecule has 0 bridgehead atoms. The van der Waals surface area contributed by atoms with Gasteiger partial charge in [0.05, 0.1) is 7.11 Å². The zero-order valence-electron chi connectivity index (χ0n) is 10.5. The van der Waals surface area contributed by atoms with Crippen LogP contribution in [0, 0.1) is 6.92 Å². The van der Waals surface area contributed by atoms with Gasteiger partial charge < -0.3 is 14.8 Å². The summed E-state index contributed by atoms with van der Waals surface area (Å²) in [5, 5.41) is 9.63. The summed E-state index contributed by atoms with van der Waals surface area (Å²) < 4.78 is 14.9. The molecule has 19 heavy (non-hydrogen) atoms. The van der Waals surface area contributed by atoms with Gasteiger partial charge in [-0.2, -0.15) is 0 Å². The second kappa shape index (κ2) is 5.85. The highest BCUT2D eigenvalue weighted by Crippen LogP contribution is 2.25. The average molecular weight is 263 g/mol. The second-order valence-electron chi connectivity index (χ2n) is 3.69. The standard InChI is InChI=1S/C12H13N3O4/c1-8-12(15-19-14-8)13-11(16)7-18-10-6-4-3-5-9(10)17-2/h3-6H,7H2,1-2H3,(H,13,15,16). The maximum absolute atomic E-state index is 11.6. The molecule has 0 fully saturated rings. The van der Waals surface area contributed by atoms with E-state index in [0.717, 1.165) is 0 Å². The van der Waals surface area contributed by atoms with E-state index in [0.29, 0.717) is 17.2 Å². The molecule has 2 aromatic rings. The number of anilines is 1. The van der Waals surface area contributed by atoms with Gasteiger partial charge in [0.1, 0.15) is 5.69 Å². The van der Waals surface area contributed by atoms with Crippen LogP contribution >= 0.6 is 0 Å². The molecule has 1 N–H and O–H groups in total. The topological polar surface area (TPSA) is 86.5 Å². The molecule has 7 nitrogen and oxygen atoms in total. The first-order valence-electron chi connectivity index (χ1n) is 5.55. The molecule has 100 valence electrons. The molecule has 0 aliphatic rings. The molecule has 0 radical (unpaired) electrons. The Morgan fingerprint density at radius 1 is 1.32 bits per heavy atom. The quantitative estimate of drug-likeness (QED) is 0.877. The number of aromatic nitrogens is 2. The van der Waals surface area contributed by atoms with Crippen LogP contribution < -0.4 is 14.8 Å². The molecule has 0 atom stereocenters. The fraction of sp³-hybridized carbons (Fsp3) is 0.250. The number of rotatable bonds is 5. The van der Waals surface area contributed by atoms with Crippen LogP contribution in [0.4, 0.5) is 5.82 Å². The average Bonchev–Trinajstić information content (AvgIpc) is 2.82. The minimum atomic E-state index is -0.357. The SMILES string of the molecule is COc1ccccc1OCC(=O)Nc1nonc1C. The van der Waals surface area contributed by atoms with E-state index in [1.54, 1.807) is 25.1 Å². The lowest BCUT2D eigenvalue weighted by molar-refractivity contribution is -0.118. The lowest BCUT2D eigenvalue weighted by Gasteiger charge is -2.09. The van der Waals surface area contributed by atoms with Gasteiger partial charge in [0.15, 0.2) is 23.9 Å². The van der Waals surface area contributed by atoms with Crippen molar-refractivity contribution in [3.63, 3.8) is 0 Å². The van der Waals surface area contributed by atoms with Crippen molar-refractivity contribution in [2.45, 2.75) is 6.92 Å². The Kier molecular flexibility index (Phi) is 3.97. The molecule has 0 aliphatic heterocycles. The van der Waals surface area contributed by atoms with Crippen LogP contribution in [0.3, 0.4) is 0 Å². The number of hydrogen-bond donors (Lipinski definition) is 1. The minimum Gasteiger partial charge on any atom is -0.493 e. The van der Waals surface area contributed by atoms with Crippen LogP contribution in [0.2, 0.25) is 0 Å². The highest BCUT2D eigenvalue weighted by atomic mass is 16.6. The Bertz CT molecular complexity index is 568. The maximum Gasteiger partial charge on any atom is 0.263 e. The largest absolute Gasteiger partial charge is 0.493 e. The monoisotopic (exact) mass is 263 g/mol. The second-order valence-corrected chi connectivity index (χ2v) is 3.69. The number of carbonyl (C=O) groups excluding carboxylic acids is 1. The van der Waals surface area contributed by atoms with Crippen molar-refractivity contribution in [1.82, 2.24) is 10.3 Å². The summed E-state index contributed by atoms with van der Waals surface area (Å²) in [7, 11) is 1.53. The lowest BCUT2D eigenvalue weighted by atomic mass is 10.3. The van der Waals surface area contributed by atoms with E-state index in [1.807, 2.05) is 6.07 Å². The summed E-state index contributed by atoms with van der Waals surface area (Å²) in [6, 6.07) is 7.08. The zero-order chi connectivity index (χ0) is 13.7. The van der Waals surface area contributed by atoms with Crippen molar-refractivity contribution in [3.8, 4) is 11.5 Å². The molecule has 0 saturated heterocycles. The van der Waals surface area contributed by atoms with E-state index >= 15 is 0 Å². The molecule has 0 aliphatic carbocycles. The number of methoxy groups -OCH3 is 1. The summed E-state index contributed by atoms with van der Waals surface area (Å²) >= 11 is 0. The van der Waals surface area contributed by atoms with Gasteiger partial charge in [0.25, 0.3) is 5.91 Å². The number of nitrogens with one attached hydrogen (secondary N) is 1. The molecule has 1 aromatic heterocycles. The van der Waals surface area contributed by atoms with Gasteiger partial charge >= 0.3 is 0 Å². The van der Waals surface area contributed by atoms with E-state index in [-0.39, 0.29) is 18.3 Å². The number of hydrogen-bond acceptors (Lipinski definition) is 6. The number of ether oxygens (including phenoxy) is 2. The Morgan fingerprint density at radius 3 is 2.68 bits per heavy atom. The minimum absolute atomic E-state index is 0.160. The van der Waals surface area contributed by atoms with Crippen molar-refractivity contribution in [1.29, 1.82) is 0 Å². The molecule has 1 heterocycles. The smallest absolute Gasteiger partial charge is 0.263 e. The highest BCUT2D eigenvalue weighted by Gasteiger charge is 2.11. The molecule has 1 amide bonds. The number of amides is 1. The first kappa shape index (κ1) is 12.9. The molecule has 7 heteroatoms. The summed E-state index contributed by atoms with van der Waals surface area (Å²) in [4.78, 5) is 11.6. The Balaban J connectivity index is 1.92. The van der Waals surface area contributed by atoms with Crippen molar-refractivity contribution in [2.75, 3.05) is 19.0 Å². The Hall–Kier alpha value is -2.57. The van der Waals surface area contributed by atoms with E-state index in [4.69, 9.17) is 9.47 Å². The molecule has 0 unspecified atom stereocenters. The third-order valence-corrected chi connectivity index (χ3v) is 2.34. The maximum atomic E-state index is 11.6. The third kappa shape index (κ3) is 3.21. The van der Waals surface area contributed by atoms with Gasteiger partial charge in [0, 0.05) is 0 Å². The van der Waals surface area contributed by atoms with Crippen LogP contribution in [0.15, 0.2) is 28.9 Å². The summed E-state index contributed by atoms with van der Waals surface area (Å²) in [5.74, 6) is 0.989. The van der Waals surface area contributed by atoms with Crippen molar-refractivity contribution in [2.24, 2.45) is 0 Å². The normalized spacial score (nSPS) is 10.0. The summed E-state index contributed by atoms with van der Waals surface area (Å²) in [6.07, 6.45) is 0. The van der Waals surface area contributed by atoms with E-state index < -0.39 is 0 Å². The molecule has 0 saturated carbocycles. The van der Waals surface area contributed by atoms with Crippen molar-refractivity contribution < 1.29 is 18.9 Å². The van der Waals surface area contributed by atoms with Crippen LogP contribution in [-0.2, 0) is 4.79 Å². The third-order valence-electron chi connectivity index (χ3n) is 2.34. The first-order valence-corrected chi connectivity index (χ1v) is 5.55. The predicted molar refractivity (Wildman–Crippen MR) is 66.2 cm³/mol. The van der Waals surface area contributed by atoms with Crippen LogP contribution in [0.1, 0.15) is 5.69 Å². The van der Waals surface area contributed by atoms with E-state index in [9.17, 15) is 4.79 Å². The van der Waals surface area contributed by atoms with Gasteiger partial charge in [-0.3, -0.25) is 4.79 Å². The summed E-state index contributed by atoms with van der Waals surface area (Å²) in [5.41, 5.74) is 0.505. The first-order chi connectivity index (χ1) is 9.20. The fourth-order valence-corrected chi connectivity index (χ4v) is 1.39. The van der Waals surface area contributed by atoms with Crippen LogP contribution in [0.25, 0.3) is 0 Å². The van der Waals surface area contributed by atoms with Gasteiger partial charge in [-0.15, -0.1) is 0 Å². The van der Waals surface area contributed by atoms with E-state index in [1.165, 1.54) is 7.11 Å². The predicted octanol–water partition coefficient (Wildman–Crippen LogP) is 1.40. The highest BCUT2D eigenvalue weighted by molar-refractivity contribution is 5.91. The number of carbonyl (C=O) groups is 1. The fourth-order valence-electron chi connectivity index (χ4n) is 1.39. The molecular formula is C12H13N3O4. The van der Waals surface area contributed by atoms with Crippen LogP contribution in [-0.4, -0.2) is 29.9 Å². The zero-order valence-corrected chi connectivity index (χ0v) is 10.5. The molecular weight excluding hydrogens is 250 g/mol. The molecule has 2 rings (SSSR count). The van der Waals surface area contributed by atoms with Crippen LogP contribution in [0.5, 0.6) is 11.5 Å². The van der Waals surface area contributed by atoms with Gasteiger partial charge in [-0.05, 0) is 24.2 Å². The van der Waals surface area contributed by atoms with Gasteiger partial charge in [-0.25, -0.2) is 4.63 Å². The van der Waals surface area contributed by atoms with E-state index in [2.05, 4.69) is 20.3 Å². The number of aryl methyl sites for hydroxylation is 1. The molecule has 1 aromatic carbocycles.